The lowest BCUT2D eigenvalue weighted by Crippen LogP contribution is -2.14. The molecule has 1 heterocycles. The first-order valence-electron chi connectivity index (χ1n) is 7.30. The van der Waals surface area contributed by atoms with Gasteiger partial charge in [-0.25, -0.2) is 4.98 Å². The molecule has 0 saturated carbocycles. The number of thiazole rings is 1. The van der Waals surface area contributed by atoms with E-state index in [-0.39, 0.29) is 11.3 Å². The van der Waals surface area contributed by atoms with Crippen LogP contribution in [-0.2, 0) is 5.41 Å². The van der Waals surface area contributed by atoms with Gasteiger partial charge in [0.05, 0.1) is 20.9 Å². The fourth-order valence-corrected chi connectivity index (χ4v) is 3.38. The lowest BCUT2D eigenvalue weighted by atomic mass is 9.87. The van der Waals surface area contributed by atoms with Crippen LogP contribution in [0.25, 0.3) is 10.2 Å². The van der Waals surface area contributed by atoms with E-state index >= 15 is 0 Å². The van der Waals surface area contributed by atoms with E-state index in [0.717, 1.165) is 15.9 Å². The van der Waals surface area contributed by atoms with E-state index in [1.807, 2.05) is 30.3 Å². The van der Waals surface area contributed by atoms with Gasteiger partial charge in [0.15, 0.2) is 0 Å². The third kappa shape index (κ3) is 3.23. The molecule has 5 heteroatoms. The zero-order chi connectivity index (χ0) is 16.6. The number of halogens is 1. The average molecular weight is 345 g/mol. The molecule has 0 saturated heterocycles. The van der Waals surface area contributed by atoms with Gasteiger partial charge >= 0.3 is 0 Å². The summed E-state index contributed by atoms with van der Waals surface area (Å²) in [5.74, 6) is -0.137. The van der Waals surface area contributed by atoms with Gasteiger partial charge in [0, 0.05) is 5.56 Å². The van der Waals surface area contributed by atoms with E-state index in [9.17, 15) is 4.79 Å². The molecule has 3 aromatic rings. The fraction of sp³-hybridized carbons (Fsp3) is 0.222. The molecule has 0 radical (unpaired) electrons. The fourth-order valence-electron chi connectivity index (χ4n) is 2.33. The van der Waals surface area contributed by atoms with Crippen molar-refractivity contribution in [3.63, 3.8) is 0 Å². The normalized spacial score (nSPS) is 11.7. The van der Waals surface area contributed by atoms with Gasteiger partial charge in [-0.2, -0.15) is 0 Å². The third-order valence-electron chi connectivity index (χ3n) is 3.70. The minimum absolute atomic E-state index is 0.0694. The second-order valence-corrected chi connectivity index (χ2v) is 7.67. The Balaban J connectivity index is 1.86. The first-order valence-corrected chi connectivity index (χ1v) is 8.55. The first kappa shape index (κ1) is 16.0. The Morgan fingerprint density at radius 3 is 2.48 bits per heavy atom. The molecule has 0 aliphatic carbocycles. The summed E-state index contributed by atoms with van der Waals surface area (Å²) in [4.78, 5) is 16.7. The van der Waals surface area contributed by atoms with Gasteiger partial charge in [0.2, 0.25) is 0 Å². The molecule has 1 N–H and O–H groups in total. The van der Waals surface area contributed by atoms with Crippen molar-refractivity contribution in [2.75, 3.05) is 5.32 Å². The van der Waals surface area contributed by atoms with Gasteiger partial charge < -0.3 is 5.32 Å². The van der Waals surface area contributed by atoms with E-state index in [1.54, 1.807) is 11.6 Å². The van der Waals surface area contributed by atoms with Gasteiger partial charge in [0.1, 0.15) is 5.52 Å². The minimum Gasteiger partial charge on any atom is -0.321 e. The van der Waals surface area contributed by atoms with Crippen molar-refractivity contribution in [1.29, 1.82) is 0 Å². The summed E-state index contributed by atoms with van der Waals surface area (Å²) < 4.78 is 0.886. The summed E-state index contributed by atoms with van der Waals surface area (Å²) in [6, 6.07) is 11.3. The minimum atomic E-state index is -0.137. The molecule has 0 spiro atoms. The molecular weight excluding hydrogens is 328 g/mol. The molecule has 23 heavy (non-hydrogen) atoms. The van der Waals surface area contributed by atoms with Crippen LogP contribution in [0.3, 0.4) is 0 Å². The summed E-state index contributed by atoms with van der Waals surface area (Å²) in [6.45, 7) is 6.45. The number of amides is 1. The molecule has 0 aliphatic heterocycles. The van der Waals surface area contributed by atoms with Crippen molar-refractivity contribution >= 4 is 44.7 Å². The van der Waals surface area contributed by atoms with Crippen molar-refractivity contribution in [2.45, 2.75) is 26.2 Å². The van der Waals surface area contributed by atoms with Crippen LogP contribution in [0.4, 0.5) is 5.69 Å². The predicted molar refractivity (Wildman–Crippen MR) is 97.7 cm³/mol. The van der Waals surface area contributed by atoms with Gasteiger partial charge in [-0.05, 0) is 35.2 Å². The molecule has 3 nitrogen and oxygen atoms in total. The van der Waals surface area contributed by atoms with Crippen molar-refractivity contribution < 1.29 is 4.79 Å². The van der Waals surface area contributed by atoms with Crippen molar-refractivity contribution in [1.82, 2.24) is 4.98 Å². The van der Waals surface area contributed by atoms with Gasteiger partial charge in [-0.15, -0.1) is 11.3 Å². The van der Waals surface area contributed by atoms with E-state index in [4.69, 9.17) is 11.6 Å². The molecule has 1 aromatic heterocycles. The lowest BCUT2D eigenvalue weighted by Gasteiger charge is -2.19. The highest BCUT2D eigenvalue weighted by Gasteiger charge is 2.15. The summed E-state index contributed by atoms with van der Waals surface area (Å²) in [5.41, 5.74) is 5.08. The van der Waals surface area contributed by atoms with Crippen LogP contribution in [0, 0.1) is 0 Å². The summed E-state index contributed by atoms with van der Waals surface area (Å²) >= 11 is 7.58. The molecule has 2 aromatic carbocycles. The van der Waals surface area contributed by atoms with Gasteiger partial charge in [0.25, 0.3) is 5.91 Å². The second-order valence-electron chi connectivity index (χ2n) is 6.41. The van der Waals surface area contributed by atoms with Crippen LogP contribution in [-0.4, -0.2) is 10.9 Å². The van der Waals surface area contributed by atoms with Crippen molar-refractivity contribution in [3.05, 3.63) is 58.1 Å². The average Bonchev–Trinajstić information content (AvgIpc) is 3.00. The van der Waals surface area contributed by atoms with E-state index < -0.39 is 0 Å². The molecular formula is C18H17ClN2OS. The maximum absolute atomic E-state index is 12.5. The number of nitrogens with one attached hydrogen (secondary N) is 1. The lowest BCUT2D eigenvalue weighted by molar-refractivity contribution is 0.102. The molecule has 118 valence electrons. The van der Waals surface area contributed by atoms with Crippen LogP contribution in [0.2, 0.25) is 5.02 Å². The smallest absolute Gasteiger partial charge is 0.255 e. The number of anilines is 1. The summed E-state index contributed by atoms with van der Waals surface area (Å²) in [7, 11) is 0. The number of rotatable bonds is 2. The molecule has 1 amide bonds. The highest BCUT2D eigenvalue weighted by atomic mass is 35.5. The number of carbonyl (C=O) groups is 1. The largest absolute Gasteiger partial charge is 0.321 e. The van der Waals surface area contributed by atoms with Crippen LogP contribution in [0.15, 0.2) is 41.9 Å². The highest BCUT2D eigenvalue weighted by Crippen LogP contribution is 2.32. The number of nitrogens with zero attached hydrogens (tertiary/aromatic N) is 1. The molecule has 0 atom stereocenters. The van der Waals surface area contributed by atoms with Crippen LogP contribution in [0.1, 0.15) is 36.7 Å². The standard InChI is InChI=1S/C18H17ClN2OS/c1-18(2,3)12-6-4-11(5-7-12)17(22)21-14-9-8-13(19)15-16(14)23-10-20-15/h4-10H,1-3H3,(H,21,22). The quantitative estimate of drug-likeness (QED) is 0.667. The Hall–Kier alpha value is -1.91. The predicted octanol–water partition coefficient (Wildman–Crippen LogP) is 5.50. The summed E-state index contributed by atoms with van der Waals surface area (Å²) in [6.07, 6.45) is 0. The monoisotopic (exact) mass is 344 g/mol. The molecule has 0 fully saturated rings. The van der Waals surface area contributed by atoms with E-state index in [1.165, 1.54) is 16.9 Å². The Morgan fingerprint density at radius 1 is 1.13 bits per heavy atom. The van der Waals surface area contributed by atoms with Crippen LogP contribution < -0.4 is 5.32 Å². The topological polar surface area (TPSA) is 42.0 Å². The Labute approximate surface area is 144 Å². The van der Waals surface area contributed by atoms with Gasteiger partial charge in [-0.3, -0.25) is 4.79 Å². The van der Waals surface area contributed by atoms with Crippen molar-refractivity contribution in [2.24, 2.45) is 0 Å². The zero-order valence-electron chi connectivity index (χ0n) is 13.2. The molecule has 3 rings (SSSR count). The number of hydrogen-bond donors (Lipinski definition) is 1. The Kier molecular flexibility index (Phi) is 4.13. The Bertz CT molecular complexity index is 863. The maximum atomic E-state index is 12.5. The maximum Gasteiger partial charge on any atom is 0.255 e. The molecule has 0 unspecified atom stereocenters. The SMILES string of the molecule is CC(C)(C)c1ccc(C(=O)Nc2ccc(Cl)c3ncsc23)cc1. The van der Waals surface area contributed by atoms with Crippen LogP contribution in [0.5, 0.6) is 0 Å². The number of carbonyl (C=O) groups excluding carboxylic acids is 1. The second kappa shape index (κ2) is 5.95. The number of aromatic nitrogens is 1. The number of hydrogen-bond acceptors (Lipinski definition) is 3. The Morgan fingerprint density at radius 2 is 1.83 bits per heavy atom. The first-order chi connectivity index (χ1) is 10.9. The van der Waals surface area contributed by atoms with Gasteiger partial charge in [-0.1, -0.05) is 44.5 Å². The number of benzene rings is 2. The summed E-state index contributed by atoms with van der Waals surface area (Å²) in [5, 5.41) is 3.54. The van der Waals surface area contributed by atoms with Crippen LogP contribution >= 0.6 is 22.9 Å². The molecule has 0 aliphatic rings. The third-order valence-corrected chi connectivity index (χ3v) is 4.86. The van der Waals surface area contributed by atoms with E-state index in [0.29, 0.717) is 10.6 Å². The number of fused-ring (bicyclic) bond motifs is 1. The highest BCUT2D eigenvalue weighted by molar-refractivity contribution is 7.17. The van der Waals surface area contributed by atoms with Crippen molar-refractivity contribution in [3.8, 4) is 0 Å². The zero-order valence-corrected chi connectivity index (χ0v) is 14.8. The molecule has 0 bridgehead atoms. The van der Waals surface area contributed by atoms with E-state index in [2.05, 4.69) is 31.1 Å².